The van der Waals surface area contributed by atoms with E-state index in [1.54, 1.807) is 24.3 Å². The predicted octanol–water partition coefficient (Wildman–Crippen LogP) is 5.07. The number of allylic oxidation sites excluding steroid dienone is 3. The third-order valence-corrected chi connectivity index (χ3v) is 10.00. The number of carboxylic acids is 1. The number of anilines is 1. The van der Waals surface area contributed by atoms with E-state index in [9.17, 15) is 22.7 Å². The van der Waals surface area contributed by atoms with Gasteiger partial charge in [0, 0.05) is 30.8 Å². The molecule has 1 heterocycles. The van der Waals surface area contributed by atoms with Crippen LogP contribution in [0.1, 0.15) is 43.0 Å². The first-order valence-corrected chi connectivity index (χ1v) is 14.5. The van der Waals surface area contributed by atoms with Gasteiger partial charge < -0.3 is 10.5 Å². The average molecular weight is 536 g/mol. The monoisotopic (exact) mass is 535 g/mol. The van der Waals surface area contributed by atoms with Crippen LogP contribution in [0.2, 0.25) is 0 Å². The van der Waals surface area contributed by atoms with Crippen LogP contribution in [0.3, 0.4) is 0 Å². The summed E-state index contributed by atoms with van der Waals surface area (Å²) >= 11 is 0. The fourth-order valence-electron chi connectivity index (χ4n) is 6.02. The van der Waals surface area contributed by atoms with Gasteiger partial charge in [-0.15, -0.1) is 0 Å². The number of rotatable bonds is 8. The molecule has 0 amide bonds. The Bertz CT molecular complexity index is 1490. The number of aromatic carboxylic acids is 1. The SMILES string of the molecule is C[C@H]1C2=CNN(c3ccc(F)cc3)C2=CC2=C1[C@@H](CN(CC1CC1)S(=O)(=O)c1ccccc1C(=O)O)CC2. The topological polar surface area (TPSA) is 90.0 Å². The minimum absolute atomic E-state index is 0.0455. The molecule has 0 aromatic heterocycles. The summed E-state index contributed by atoms with van der Waals surface area (Å²) in [4.78, 5) is 11.7. The van der Waals surface area contributed by atoms with Gasteiger partial charge in [0.05, 0.1) is 21.8 Å². The van der Waals surface area contributed by atoms with Gasteiger partial charge in [-0.1, -0.05) is 24.6 Å². The Labute approximate surface area is 222 Å². The van der Waals surface area contributed by atoms with Crippen LogP contribution in [0.25, 0.3) is 0 Å². The van der Waals surface area contributed by atoms with Crippen molar-refractivity contribution in [2.24, 2.45) is 17.8 Å². The molecule has 0 radical (unpaired) electrons. The second-order valence-corrected chi connectivity index (χ2v) is 12.5. The average Bonchev–Trinajstić information content (AvgIpc) is 3.48. The standard InChI is InChI=1S/C29H30FN3O4S/c1-18-25-15-31-33(23-12-10-22(30)11-13-23)26(25)14-20-8-9-21(28(18)20)17-32(16-19-6-7-19)38(36,37)27-5-3-2-4-24(27)29(34)35/h2-5,10-15,18-19,21,31H,6-9,16-17H2,1H3,(H,34,35)/t18-,21+/m0/s1. The van der Waals surface area contributed by atoms with Crippen LogP contribution in [0.4, 0.5) is 10.1 Å². The molecule has 0 saturated heterocycles. The minimum atomic E-state index is -3.99. The molecule has 2 atom stereocenters. The molecule has 2 aromatic rings. The van der Waals surface area contributed by atoms with Gasteiger partial charge in [-0.2, -0.15) is 4.31 Å². The van der Waals surface area contributed by atoms with Gasteiger partial charge in [0.15, 0.2) is 0 Å². The maximum atomic E-state index is 13.8. The van der Waals surface area contributed by atoms with Crippen LogP contribution >= 0.6 is 0 Å². The fraction of sp³-hybridized carbons (Fsp3) is 0.345. The van der Waals surface area contributed by atoms with E-state index in [0.29, 0.717) is 19.0 Å². The molecule has 0 bridgehead atoms. The van der Waals surface area contributed by atoms with Gasteiger partial charge in [0.2, 0.25) is 10.0 Å². The van der Waals surface area contributed by atoms with Crippen molar-refractivity contribution in [3.63, 3.8) is 0 Å². The van der Waals surface area contributed by atoms with Crippen molar-refractivity contribution in [2.75, 3.05) is 18.1 Å². The van der Waals surface area contributed by atoms with E-state index >= 15 is 0 Å². The molecular weight excluding hydrogens is 505 g/mol. The maximum absolute atomic E-state index is 13.8. The summed E-state index contributed by atoms with van der Waals surface area (Å²) in [6.45, 7) is 2.90. The van der Waals surface area contributed by atoms with Crippen molar-refractivity contribution < 1.29 is 22.7 Å². The fourth-order valence-corrected chi connectivity index (χ4v) is 7.76. The lowest BCUT2D eigenvalue weighted by molar-refractivity contribution is 0.0692. The van der Waals surface area contributed by atoms with Gasteiger partial charge >= 0.3 is 5.97 Å². The van der Waals surface area contributed by atoms with E-state index < -0.39 is 16.0 Å². The molecule has 3 aliphatic carbocycles. The van der Waals surface area contributed by atoms with Crippen LogP contribution in [0, 0.1) is 23.6 Å². The summed E-state index contributed by atoms with van der Waals surface area (Å²) in [5.41, 5.74) is 8.57. The first kappa shape index (κ1) is 24.9. The number of nitrogens with zero attached hydrogens (tertiary/aromatic N) is 2. The van der Waals surface area contributed by atoms with E-state index in [0.717, 1.165) is 42.6 Å². The molecule has 1 saturated carbocycles. The summed E-state index contributed by atoms with van der Waals surface area (Å²) < 4.78 is 42.7. The zero-order valence-electron chi connectivity index (χ0n) is 21.1. The highest BCUT2D eigenvalue weighted by Crippen LogP contribution is 2.48. The number of hydrazine groups is 1. The number of fused-ring (bicyclic) bond motifs is 1. The van der Waals surface area contributed by atoms with Crippen molar-refractivity contribution in [3.8, 4) is 0 Å². The maximum Gasteiger partial charge on any atom is 0.337 e. The molecule has 0 unspecified atom stereocenters. The predicted molar refractivity (Wildman–Crippen MR) is 142 cm³/mol. The van der Waals surface area contributed by atoms with Gasteiger partial charge in [0.25, 0.3) is 0 Å². The zero-order valence-corrected chi connectivity index (χ0v) is 21.9. The van der Waals surface area contributed by atoms with Crippen molar-refractivity contribution in [1.82, 2.24) is 9.73 Å². The number of nitrogens with one attached hydrogen (secondary N) is 1. The van der Waals surface area contributed by atoms with E-state index in [1.165, 1.54) is 39.7 Å². The Morgan fingerprint density at radius 1 is 1.11 bits per heavy atom. The quantitative estimate of drug-likeness (QED) is 0.491. The zero-order chi connectivity index (χ0) is 26.6. The lowest BCUT2D eigenvalue weighted by Crippen LogP contribution is -2.38. The number of hydrogen-bond acceptors (Lipinski definition) is 5. The number of sulfonamides is 1. The highest BCUT2D eigenvalue weighted by atomic mass is 32.2. The van der Waals surface area contributed by atoms with Crippen LogP contribution < -0.4 is 10.4 Å². The molecule has 1 fully saturated rings. The Morgan fingerprint density at radius 3 is 2.55 bits per heavy atom. The number of hydrogen-bond donors (Lipinski definition) is 2. The van der Waals surface area contributed by atoms with Crippen molar-refractivity contribution in [3.05, 3.63) is 94.6 Å². The lowest BCUT2D eigenvalue weighted by atomic mass is 9.80. The third kappa shape index (κ3) is 4.33. The van der Waals surface area contributed by atoms with Crippen LogP contribution in [-0.4, -0.2) is 36.9 Å². The second-order valence-electron chi connectivity index (χ2n) is 10.6. The number of carboxylic acid groups (broad SMARTS) is 1. The van der Waals surface area contributed by atoms with Crippen LogP contribution in [0.5, 0.6) is 0 Å². The largest absolute Gasteiger partial charge is 0.478 e. The van der Waals surface area contributed by atoms with Crippen molar-refractivity contribution in [1.29, 1.82) is 0 Å². The lowest BCUT2D eigenvalue weighted by Gasteiger charge is -2.32. The van der Waals surface area contributed by atoms with E-state index in [4.69, 9.17) is 0 Å². The Hall–Kier alpha value is -3.43. The molecule has 198 valence electrons. The van der Waals surface area contributed by atoms with E-state index in [-0.39, 0.29) is 28.1 Å². The van der Waals surface area contributed by atoms with E-state index in [2.05, 4.69) is 18.4 Å². The first-order chi connectivity index (χ1) is 18.2. The number of halogens is 1. The van der Waals surface area contributed by atoms with Crippen LogP contribution in [-0.2, 0) is 10.0 Å². The molecular formula is C29H30FN3O4S. The second kappa shape index (κ2) is 9.39. The number of benzene rings is 2. The first-order valence-electron chi connectivity index (χ1n) is 13.0. The molecule has 2 aromatic carbocycles. The molecule has 38 heavy (non-hydrogen) atoms. The Balaban J connectivity index is 1.31. The summed E-state index contributed by atoms with van der Waals surface area (Å²) in [5.74, 6) is -1.08. The van der Waals surface area contributed by atoms with Gasteiger partial charge in [-0.3, -0.25) is 5.01 Å². The van der Waals surface area contributed by atoms with Crippen LogP contribution in [0.15, 0.2) is 88.1 Å². The van der Waals surface area contributed by atoms with E-state index in [1.807, 2.05) is 11.2 Å². The molecule has 2 N–H and O–H groups in total. The third-order valence-electron chi connectivity index (χ3n) is 8.11. The normalized spacial score (nSPS) is 22.7. The molecule has 6 rings (SSSR count). The van der Waals surface area contributed by atoms with Gasteiger partial charge in [0.1, 0.15) is 5.82 Å². The molecule has 9 heteroatoms. The van der Waals surface area contributed by atoms with Gasteiger partial charge in [-0.25, -0.2) is 17.6 Å². The Morgan fingerprint density at radius 2 is 1.84 bits per heavy atom. The Kier molecular flexibility index (Phi) is 6.15. The highest BCUT2D eigenvalue weighted by molar-refractivity contribution is 7.89. The smallest absolute Gasteiger partial charge is 0.337 e. The molecule has 7 nitrogen and oxygen atoms in total. The summed E-state index contributed by atoms with van der Waals surface area (Å²) in [6, 6.07) is 12.2. The molecule has 4 aliphatic rings. The summed E-state index contributed by atoms with van der Waals surface area (Å²) in [6.07, 6.45) is 7.82. The minimum Gasteiger partial charge on any atom is -0.478 e. The van der Waals surface area contributed by atoms with Crippen molar-refractivity contribution >= 4 is 21.7 Å². The molecule has 1 aliphatic heterocycles. The number of carbonyl (C=O) groups is 1. The summed E-state index contributed by atoms with van der Waals surface area (Å²) in [5, 5.41) is 11.6. The highest BCUT2D eigenvalue weighted by Gasteiger charge is 2.41. The van der Waals surface area contributed by atoms with Crippen molar-refractivity contribution in [2.45, 2.75) is 37.5 Å². The summed E-state index contributed by atoms with van der Waals surface area (Å²) in [7, 11) is -3.99. The van der Waals surface area contributed by atoms with Gasteiger partial charge in [-0.05, 0) is 85.6 Å². The molecule has 0 spiro atoms.